The third kappa shape index (κ3) is 2.31. The van der Waals surface area contributed by atoms with E-state index in [4.69, 9.17) is 16.7 Å². The summed E-state index contributed by atoms with van der Waals surface area (Å²) in [6.07, 6.45) is 0.0409. The van der Waals surface area contributed by atoms with Gasteiger partial charge in [-0.15, -0.1) is 0 Å². The Morgan fingerprint density at radius 2 is 2.13 bits per heavy atom. The second kappa shape index (κ2) is 3.85. The van der Waals surface area contributed by atoms with E-state index in [0.29, 0.717) is 5.15 Å². The maximum atomic E-state index is 10.7. The summed E-state index contributed by atoms with van der Waals surface area (Å²) in [5.74, 6) is -0.834. The first-order chi connectivity index (χ1) is 6.75. The van der Waals surface area contributed by atoms with Crippen molar-refractivity contribution in [3.8, 4) is 0 Å². The van der Waals surface area contributed by atoms with Crippen molar-refractivity contribution < 1.29 is 9.90 Å². The predicted molar refractivity (Wildman–Crippen MR) is 58.2 cm³/mol. The number of carboxylic acid groups (broad SMARTS) is 1. The summed E-state index contributed by atoms with van der Waals surface area (Å²) >= 11 is 6.09. The molecule has 5 heteroatoms. The summed E-state index contributed by atoms with van der Waals surface area (Å²) in [6.45, 7) is 5.55. The molecule has 0 saturated carbocycles. The van der Waals surface area contributed by atoms with E-state index in [1.807, 2.05) is 20.8 Å². The molecule has 84 valence electrons. The van der Waals surface area contributed by atoms with E-state index >= 15 is 0 Å². The van der Waals surface area contributed by atoms with Crippen molar-refractivity contribution >= 4 is 17.6 Å². The minimum atomic E-state index is -0.834. The summed E-state index contributed by atoms with van der Waals surface area (Å²) in [4.78, 5) is 10.7. The number of rotatable bonds is 3. The van der Waals surface area contributed by atoms with Gasteiger partial charge in [0, 0.05) is 18.0 Å². The quantitative estimate of drug-likeness (QED) is 0.866. The van der Waals surface area contributed by atoms with E-state index in [0.717, 1.165) is 11.3 Å². The molecule has 0 aliphatic heterocycles. The summed E-state index contributed by atoms with van der Waals surface area (Å²) in [7, 11) is 1.75. The van der Waals surface area contributed by atoms with Crippen molar-refractivity contribution in [2.75, 3.05) is 0 Å². The van der Waals surface area contributed by atoms with Gasteiger partial charge in [0.25, 0.3) is 0 Å². The Morgan fingerprint density at radius 3 is 2.47 bits per heavy atom. The Kier molecular flexibility index (Phi) is 3.09. The number of hydrogen-bond donors (Lipinski definition) is 1. The number of hydrogen-bond acceptors (Lipinski definition) is 2. The lowest BCUT2D eigenvalue weighted by Crippen LogP contribution is -2.22. The van der Waals surface area contributed by atoms with Gasteiger partial charge in [-0.05, 0) is 6.92 Å². The van der Waals surface area contributed by atoms with Crippen LogP contribution in [0.2, 0.25) is 5.15 Å². The first-order valence-electron chi connectivity index (χ1n) is 4.67. The van der Waals surface area contributed by atoms with Gasteiger partial charge in [0.15, 0.2) is 0 Å². The minimum absolute atomic E-state index is 0.0409. The van der Waals surface area contributed by atoms with Gasteiger partial charge in [0.05, 0.1) is 12.1 Å². The van der Waals surface area contributed by atoms with Gasteiger partial charge in [-0.3, -0.25) is 9.48 Å². The number of aromatic nitrogens is 2. The van der Waals surface area contributed by atoms with Gasteiger partial charge in [-0.25, -0.2) is 0 Å². The average Bonchev–Trinajstić information content (AvgIpc) is 2.23. The van der Waals surface area contributed by atoms with Gasteiger partial charge in [-0.2, -0.15) is 5.10 Å². The minimum Gasteiger partial charge on any atom is -0.481 e. The zero-order chi connectivity index (χ0) is 11.8. The lowest BCUT2D eigenvalue weighted by Gasteiger charge is -2.22. The van der Waals surface area contributed by atoms with Gasteiger partial charge in [-0.1, -0.05) is 25.4 Å². The molecule has 0 unspecified atom stereocenters. The van der Waals surface area contributed by atoms with Crippen molar-refractivity contribution in [2.24, 2.45) is 7.05 Å². The van der Waals surface area contributed by atoms with E-state index < -0.39 is 11.4 Å². The predicted octanol–water partition coefficient (Wildman–Crippen LogP) is 2.13. The highest BCUT2D eigenvalue weighted by Crippen LogP contribution is 2.34. The fourth-order valence-corrected chi connectivity index (χ4v) is 2.30. The fraction of sp³-hybridized carbons (Fsp3) is 0.600. The molecule has 1 aromatic heterocycles. The summed E-state index contributed by atoms with van der Waals surface area (Å²) in [5, 5.41) is 13.5. The molecule has 0 bridgehead atoms. The van der Waals surface area contributed by atoms with Crippen LogP contribution in [0.4, 0.5) is 0 Å². The van der Waals surface area contributed by atoms with Crippen molar-refractivity contribution in [3.63, 3.8) is 0 Å². The van der Waals surface area contributed by atoms with Crippen LogP contribution in [0.3, 0.4) is 0 Å². The van der Waals surface area contributed by atoms with E-state index in [1.165, 1.54) is 0 Å². The fourth-order valence-electron chi connectivity index (χ4n) is 1.87. The first kappa shape index (κ1) is 12.0. The van der Waals surface area contributed by atoms with E-state index in [-0.39, 0.29) is 6.42 Å². The third-order valence-electron chi connectivity index (χ3n) is 2.42. The van der Waals surface area contributed by atoms with Crippen LogP contribution in [0.25, 0.3) is 0 Å². The Balaban J connectivity index is 3.19. The molecule has 0 fully saturated rings. The van der Waals surface area contributed by atoms with E-state index in [2.05, 4.69) is 5.10 Å². The Labute approximate surface area is 93.9 Å². The van der Waals surface area contributed by atoms with Crippen LogP contribution in [0, 0.1) is 6.92 Å². The molecular formula is C10H15ClN2O2. The molecule has 0 spiro atoms. The molecule has 1 aromatic rings. The van der Waals surface area contributed by atoms with Crippen LogP contribution >= 0.6 is 11.6 Å². The maximum absolute atomic E-state index is 10.7. The molecule has 0 atom stereocenters. The van der Waals surface area contributed by atoms with E-state index in [9.17, 15) is 4.79 Å². The Morgan fingerprint density at radius 1 is 1.60 bits per heavy atom. The number of nitrogens with zero attached hydrogens (tertiary/aromatic N) is 2. The highest BCUT2D eigenvalue weighted by molar-refractivity contribution is 6.30. The molecular weight excluding hydrogens is 216 g/mol. The largest absolute Gasteiger partial charge is 0.481 e. The second-order valence-electron chi connectivity index (χ2n) is 4.33. The number of aryl methyl sites for hydroxylation is 2. The lowest BCUT2D eigenvalue weighted by atomic mass is 9.82. The van der Waals surface area contributed by atoms with Crippen molar-refractivity contribution in [1.82, 2.24) is 9.78 Å². The van der Waals surface area contributed by atoms with Crippen LogP contribution in [0.5, 0.6) is 0 Å². The molecule has 1 N–H and O–H groups in total. The third-order valence-corrected chi connectivity index (χ3v) is 2.86. The number of carbonyl (C=O) groups is 1. The number of aliphatic carboxylic acids is 1. The van der Waals surface area contributed by atoms with Crippen molar-refractivity contribution in [2.45, 2.75) is 32.6 Å². The summed E-state index contributed by atoms with van der Waals surface area (Å²) in [6, 6.07) is 0. The highest BCUT2D eigenvalue weighted by atomic mass is 35.5. The Bertz CT molecular complexity index is 396. The molecule has 0 saturated heterocycles. The number of carboxylic acids is 1. The Hall–Kier alpha value is -1.03. The zero-order valence-electron chi connectivity index (χ0n) is 9.33. The molecule has 1 rings (SSSR count). The standard InChI is InChI=1S/C10H15ClN2O2/c1-6-8(9(11)13(4)12-6)10(2,3)5-7(14)15/h5H2,1-4H3,(H,14,15). The molecule has 4 nitrogen and oxygen atoms in total. The molecule has 0 radical (unpaired) electrons. The normalized spacial score (nSPS) is 11.8. The van der Waals surface area contributed by atoms with Gasteiger partial charge in [0.1, 0.15) is 5.15 Å². The van der Waals surface area contributed by atoms with Crippen LogP contribution in [0.1, 0.15) is 31.5 Å². The molecule has 0 aliphatic rings. The zero-order valence-corrected chi connectivity index (χ0v) is 10.1. The van der Waals surface area contributed by atoms with Crippen molar-refractivity contribution in [3.05, 3.63) is 16.4 Å². The monoisotopic (exact) mass is 230 g/mol. The van der Waals surface area contributed by atoms with Gasteiger partial charge >= 0.3 is 5.97 Å². The summed E-state index contributed by atoms with van der Waals surface area (Å²) in [5.41, 5.74) is 1.10. The average molecular weight is 231 g/mol. The molecule has 0 amide bonds. The topological polar surface area (TPSA) is 55.1 Å². The number of halogens is 1. The summed E-state index contributed by atoms with van der Waals surface area (Å²) < 4.78 is 1.57. The SMILES string of the molecule is Cc1nn(C)c(Cl)c1C(C)(C)CC(=O)O. The van der Waals surface area contributed by atoms with Crippen LogP contribution in [-0.4, -0.2) is 20.9 Å². The van der Waals surface area contributed by atoms with Crippen LogP contribution in [0.15, 0.2) is 0 Å². The first-order valence-corrected chi connectivity index (χ1v) is 5.05. The second-order valence-corrected chi connectivity index (χ2v) is 4.69. The van der Waals surface area contributed by atoms with E-state index in [1.54, 1.807) is 11.7 Å². The lowest BCUT2D eigenvalue weighted by molar-refractivity contribution is -0.138. The van der Waals surface area contributed by atoms with Gasteiger partial charge < -0.3 is 5.11 Å². The smallest absolute Gasteiger partial charge is 0.304 e. The van der Waals surface area contributed by atoms with Crippen LogP contribution < -0.4 is 0 Å². The molecule has 1 heterocycles. The maximum Gasteiger partial charge on any atom is 0.304 e. The highest BCUT2D eigenvalue weighted by Gasteiger charge is 2.30. The van der Waals surface area contributed by atoms with Gasteiger partial charge in [0.2, 0.25) is 0 Å². The van der Waals surface area contributed by atoms with Crippen molar-refractivity contribution in [1.29, 1.82) is 0 Å². The molecule has 15 heavy (non-hydrogen) atoms. The molecule has 0 aliphatic carbocycles. The molecule has 0 aromatic carbocycles. The van der Waals surface area contributed by atoms with Crippen LogP contribution in [-0.2, 0) is 17.3 Å².